The van der Waals surface area contributed by atoms with Gasteiger partial charge in [0.25, 0.3) is 0 Å². The molecule has 0 spiro atoms. The first-order chi connectivity index (χ1) is 4.83. The van der Waals surface area contributed by atoms with Crippen molar-refractivity contribution < 1.29 is 0 Å². The molecule has 0 aromatic rings. The van der Waals surface area contributed by atoms with Crippen LogP contribution in [0.5, 0.6) is 0 Å². The van der Waals surface area contributed by atoms with Crippen molar-refractivity contribution in [1.82, 2.24) is 10.2 Å². The third-order valence-electron chi connectivity index (χ3n) is 2.28. The molecule has 0 aromatic carbocycles. The van der Waals surface area contributed by atoms with Gasteiger partial charge in [0.2, 0.25) is 0 Å². The Morgan fingerprint density at radius 2 is 2.20 bits per heavy atom. The second kappa shape index (κ2) is 3.94. The highest BCUT2D eigenvalue weighted by Crippen LogP contribution is 2.07. The molecule has 0 aliphatic carbocycles. The molecule has 2 nitrogen and oxygen atoms in total. The van der Waals surface area contributed by atoms with Gasteiger partial charge in [-0.05, 0) is 33.5 Å². The lowest BCUT2D eigenvalue weighted by atomic mass is 10.1. The lowest BCUT2D eigenvalue weighted by Crippen LogP contribution is -2.35. The Kier molecular flexibility index (Phi) is 3.16. The SMILES string of the molecule is CN[C@@H]1CCCCN(C)C1. The van der Waals surface area contributed by atoms with Crippen LogP contribution in [0.4, 0.5) is 0 Å². The van der Waals surface area contributed by atoms with Gasteiger partial charge in [0.15, 0.2) is 0 Å². The van der Waals surface area contributed by atoms with Crippen LogP contribution in [-0.2, 0) is 0 Å². The smallest absolute Gasteiger partial charge is 0.0191 e. The summed E-state index contributed by atoms with van der Waals surface area (Å²) < 4.78 is 0. The minimum absolute atomic E-state index is 0.729. The largest absolute Gasteiger partial charge is 0.316 e. The van der Waals surface area contributed by atoms with Gasteiger partial charge in [-0.15, -0.1) is 0 Å². The Bertz CT molecular complexity index is 93.3. The van der Waals surface area contributed by atoms with Gasteiger partial charge < -0.3 is 10.2 Å². The van der Waals surface area contributed by atoms with E-state index in [0.717, 1.165) is 6.04 Å². The third-order valence-corrected chi connectivity index (χ3v) is 2.28. The Morgan fingerprint density at radius 3 is 2.90 bits per heavy atom. The molecule has 0 amide bonds. The lowest BCUT2D eigenvalue weighted by Gasteiger charge is -2.18. The highest BCUT2D eigenvalue weighted by atomic mass is 15.1. The highest BCUT2D eigenvalue weighted by molar-refractivity contribution is 4.72. The standard InChI is InChI=1S/C8H18N2/c1-9-8-5-3-4-6-10(2)7-8/h8-9H,3-7H2,1-2H3/t8-/m1/s1. The molecule has 1 aliphatic rings. The van der Waals surface area contributed by atoms with Crippen molar-refractivity contribution in [2.75, 3.05) is 27.2 Å². The molecule has 0 unspecified atom stereocenters. The minimum atomic E-state index is 0.729. The lowest BCUT2D eigenvalue weighted by molar-refractivity contribution is 0.317. The fourth-order valence-corrected chi connectivity index (χ4v) is 1.57. The van der Waals surface area contributed by atoms with Gasteiger partial charge in [-0.3, -0.25) is 0 Å². The maximum Gasteiger partial charge on any atom is 0.0191 e. The maximum absolute atomic E-state index is 3.33. The van der Waals surface area contributed by atoms with Crippen LogP contribution in [0.25, 0.3) is 0 Å². The molecule has 1 aliphatic heterocycles. The predicted octanol–water partition coefficient (Wildman–Crippen LogP) is 0.690. The summed E-state index contributed by atoms with van der Waals surface area (Å²) in [4.78, 5) is 2.41. The molecular formula is C8H18N2. The van der Waals surface area contributed by atoms with Crippen LogP contribution < -0.4 is 5.32 Å². The summed E-state index contributed by atoms with van der Waals surface area (Å²) in [5, 5.41) is 3.33. The molecule has 1 fully saturated rings. The van der Waals surface area contributed by atoms with E-state index in [1.165, 1.54) is 32.4 Å². The molecule has 0 aromatic heterocycles. The van der Waals surface area contributed by atoms with E-state index >= 15 is 0 Å². The van der Waals surface area contributed by atoms with Crippen molar-refractivity contribution >= 4 is 0 Å². The zero-order chi connectivity index (χ0) is 7.40. The summed E-state index contributed by atoms with van der Waals surface area (Å²) in [7, 11) is 4.26. The van der Waals surface area contributed by atoms with Crippen LogP contribution in [0.15, 0.2) is 0 Å². The van der Waals surface area contributed by atoms with Crippen molar-refractivity contribution in [1.29, 1.82) is 0 Å². The Labute approximate surface area is 63.6 Å². The zero-order valence-electron chi connectivity index (χ0n) is 7.06. The van der Waals surface area contributed by atoms with Gasteiger partial charge in [0, 0.05) is 12.6 Å². The van der Waals surface area contributed by atoms with Crippen LogP contribution in [0, 0.1) is 0 Å². The quantitative estimate of drug-likeness (QED) is 0.579. The first kappa shape index (κ1) is 8.02. The first-order valence-electron chi connectivity index (χ1n) is 4.18. The topological polar surface area (TPSA) is 15.3 Å². The van der Waals surface area contributed by atoms with Crippen molar-refractivity contribution in [2.24, 2.45) is 0 Å². The van der Waals surface area contributed by atoms with Crippen LogP contribution in [0.2, 0.25) is 0 Å². The van der Waals surface area contributed by atoms with Crippen molar-refractivity contribution in [3.05, 3.63) is 0 Å². The second-order valence-electron chi connectivity index (χ2n) is 3.24. The summed E-state index contributed by atoms with van der Waals surface area (Å²) in [6, 6.07) is 0.729. The Balaban J connectivity index is 2.30. The van der Waals surface area contributed by atoms with Crippen molar-refractivity contribution in [3.63, 3.8) is 0 Å². The number of rotatable bonds is 1. The van der Waals surface area contributed by atoms with Gasteiger partial charge in [-0.2, -0.15) is 0 Å². The first-order valence-corrected chi connectivity index (χ1v) is 4.18. The van der Waals surface area contributed by atoms with E-state index in [4.69, 9.17) is 0 Å². The summed E-state index contributed by atoms with van der Waals surface area (Å²) in [5.41, 5.74) is 0. The number of hydrogen-bond acceptors (Lipinski definition) is 2. The molecule has 0 bridgehead atoms. The third kappa shape index (κ3) is 2.27. The van der Waals surface area contributed by atoms with E-state index < -0.39 is 0 Å². The summed E-state index contributed by atoms with van der Waals surface area (Å²) in [5.74, 6) is 0. The van der Waals surface area contributed by atoms with E-state index in [1.54, 1.807) is 0 Å². The van der Waals surface area contributed by atoms with Crippen LogP contribution >= 0.6 is 0 Å². The number of hydrogen-bond donors (Lipinski definition) is 1. The normalized spacial score (nSPS) is 30.0. The number of likely N-dealkylation sites (N-methyl/N-ethyl adjacent to an activating group) is 2. The molecule has 1 N–H and O–H groups in total. The molecule has 0 saturated carbocycles. The number of nitrogens with one attached hydrogen (secondary N) is 1. The highest BCUT2D eigenvalue weighted by Gasteiger charge is 2.12. The van der Waals surface area contributed by atoms with E-state index in [9.17, 15) is 0 Å². The summed E-state index contributed by atoms with van der Waals surface area (Å²) in [6.07, 6.45) is 4.10. The van der Waals surface area contributed by atoms with Crippen LogP contribution in [0.3, 0.4) is 0 Å². The predicted molar refractivity (Wildman–Crippen MR) is 44.2 cm³/mol. The van der Waals surface area contributed by atoms with Gasteiger partial charge in [-0.25, -0.2) is 0 Å². The fourth-order valence-electron chi connectivity index (χ4n) is 1.57. The van der Waals surface area contributed by atoms with Crippen molar-refractivity contribution in [2.45, 2.75) is 25.3 Å². The fraction of sp³-hybridized carbons (Fsp3) is 1.00. The number of nitrogens with zero attached hydrogens (tertiary/aromatic N) is 1. The van der Waals surface area contributed by atoms with E-state index in [0.29, 0.717) is 0 Å². The molecule has 1 saturated heterocycles. The van der Waals surface area contributed by atoms with Crippen LogP contribution in [-0.4, -0.2) is 38.1 Å². The summed E-state index contributed by atoms with van der Waals surface area (Å²) >= 11 is 0. The molecule has 2 heteroatoms. The number of likely N-dealkylation sites (tertiary alicyclic amines) is 1. The molecule has 60 valence electrons. The minimum Gasteiger partial charge on any atom is -0.316 e. The van der Waals surface area contributed by atoms with E-state index in [2.05, 4.69) is 24.3 Å². The Morgan fingerprint density at radius 1 is 1.40 bits per heavy atom. The molecule has 10 heavy (non-hydrogen) atoms. The van der Waals surface area contributed by atoms with Gasteiger partial charge >= 0.3 is 0 Å². The monoisotopic (exact) mass is 142 g/mol. The molecule has 1 heterocycles. The molecule has 0 radical (unpaired) electrons. The van der Waals surface area contributed by atoms with Gasteiger partial charge in [-0.1, -0.05) is 6.42 Å². The maximum atomic E-state index is 3.33. The average Bonchev–Trinajstić information content (AvgIpc) is 2.13. The van der Waals surface area contributed by atoms with Gasteiger partial charge in [0.1, 0.15) is 0 Å². The molecular weight excluding hydrogens is 124 g/mol. The molecule has 1 atom stereocenters. The molecule has 1 rings (SSSR count). The second-order valence-corrected chi connectivity index (χ2v) is 3.24. The zero-order valence-corrected chi connectivity index (χ0v) is 7.06. The average molecular weight is 142 g/mol. The van der Waals surface area contributed by atoms with E-state index in [-0.39, 0.29) is 0 Å². The van der Waals surface area contributed by atoms with E-state index in [1.807, 2.05) is 0 Å². The van der Waals surface area contributed by atoms with Crippen LogP contribution in [0.1, 0.15) is 19.3 Å². The van der Waals surface area contributed by atoms with Gasteiger partial charge in [0.05, 0.1) is 0 Å². The Hall–Kier alpha value is -0.0800. The van der Waals surface area contributed by atoms with Crippen molar-refractivity contribution in [3.8, 4) is 0 Å². The summed E-state index contributed by atoms with van der Waals surface area (Å²) in [6.45, 7) is 2.49.